The third-order valence-corrected chi connectivity index (χ3v) is 6.62. The van der Waals surface area contributed by atoms with Gasteiger partial charge in [0.2, 0.25) is 15.9 Å². The SMILES string of the molecule is COc1ccc(S(=O)(=O)N2CCN(C(=O)CNC(=O)c3ccco3)CC2)cc1OC. The van der Waals surface area contributed by atoms with Gasteiger partial charge in [0.15, 0.2) is 17.3 Å². The number of hydrogen-bond donors (Lipinski definition) is 1. The fourth-order valence-electron chi connectivity index (χ4n) is 3.07. The molecule has 0 aliphatic carbocycles. The Morgan fingerprint density at radius 2 is 1.77 bits per heavy atom. The molecule has 10 nitrogen and oxygen atoms in total. The Balaban J connectivity index is 1.57. The van der Waals surface area contributed by atoms with E-state index < -0.39 is 15.9 Å². The molecule has 0 spiro atoms. The fourth-order valence-corrected chi connectivity index (χ4v) is 4.50. The summed E-state index contributed by atoms with van der Waals surface area (Å²) >= 11 is 0. The van der Waals surface area contributed by atoms with Crippen molar-refractivity contribution < 1.29 is 31.9 Å². The number of nitrogens with zero attached hydrogens (tertiary/aromatic N) is 2. The maximum Gasteiger partial charge on any atom is 0.287 e. The summed E-state index contributed by atoms with van der Waals surface area (Å²) in [6.45, 7) is 0.551. The summed E-state index contributed by atoms with van der Waals surface area (Å²) in [4.78, 5) is 25.8. The van der Waals surface area contributed by atoms with Crippen LogP contribution in [0.15, 0.2) is 45.9 Å². The van der Waals surface area contributed by atoms with Gasteiger partial charge in [-0.2, -0.15) is 4.31 Å². The van der Waals surface area contributed by atoms with Crippen molar-refractivity contribution in [3.8, 4) is 11.5 Å². The second kappa shape index (κ2) is 9.18. The van der Waals surface area contributed by atoms with E-state index in [0.29, 0.717) is 11.5 Å². The van der Waals surface area contributed by atoms with Crippen molar-refractivity contribution in [3.05, 3.63) is 42.4 Å². The van der Waals surface area contributed by atoms with Crippen molar-refractivity contribution in [1.29, 1.82) is 0 Å². The van der Waals surface area contributed by atoms with E-state index in [0.717, 1.165) is 0 Å². The summed E-state index contributed by atoms with van der Waals surface area (Å²) < 4.78 is 42.5. The lowest BCUT2D eigenvalue weighted by molar-refractivity contribution is -0.131. The van der Waals surface area contributed by atoms with Crippen LogP contribution >= 0.6 is 0 Å². The van der Waals surface area contributed by atoms with Gasteiger partial charge in [-0.1, -0.05) is 0 Å². The minimum Gasteiger partial charge on any atom is -0.493 e. The summed E-state index contributed by atoms with van der Waals surface area (Å²) in [5.74, 6) is 0.0952. The van der Waals surface area contributed by atoms with Crippen LogP contribution in [0.25, 0.3) is 0 Å². The molecule has 3 rings (SSSR count). The molecule has 2 heterocycles. The second-order valence-electron chi connectivity index (χ2n) is 6.46. The fraction of sp³-hybridized carbons (Fsp3) is 0.368. The number of ether oxygens (including phenoxy) is 2. The lowest BCUT2D eigenvalue weighted by Crippen LogP contribution is -2.52. The standard InChI is InChI=1S/C19H23N3O7S/c1-27-15-6-5-14(12-17(15)28-2)30(25,26)22-9-7-21(8-10-22)18(23)13-20-19(24)16-4-3-11-29-16/h3-6,11-12H,7-10,13H2,1-2H3,(H,20,24). The van der Waals surface area contributed by atoms with Crippen molar-refractivity contribution in [2.45, 2.75) is 4.90 Å². The van der Waals surface area contributed by atoms with Crippen LogP contribution in [0.2, 0.25) is 0 Å². The minimum atomic E-state index is -3.75. The highest BCUT2D eigenvalue weighted by Gasteiger charge is 2.31. The van der Waals surface area contributed by atoms with Crippen LogP contribution < -0.4 is 14.8 Å². The Morgan fingerprint density at radius 3 is 2.37 bits per heavy atom. The number of nitrogens with one attached hydrogen (secondary N) is 1. The molecule has 0 saturated carbocycles. The van der Waals surface area contributed by atoms with Gasteiger partial charge in [-0.15, -0.1) is 0 Å². The van der Waals surface area contributed by atoms with Crippen molar-refractivity contribution in [3.63, 3.8) is 0 Å². The van der Waals surface area contributed by atoms with Crippen LogP contribution in [-0.4, -0.2) is 76.4 Å². The van der Waals surface area contributed by atoms with Gasteiger partial charge in [-0.3, -0.25) is 9.59 Å². The minimum absolute atomic E-state index is 0.0886. The summed E-state index contributed by atoms with van der Waals surface area (Å²) in [7, 11) is -0.841. The third kappa shape index (κ3) is 4.57. The number of sulfonamides is 1. The highest BCUT2D eigenvalue weighted by Crippen LogP contribution is 2.30. The Morgan fingerprint density at radius 1 is 1.07 bits per heavy atom. The van der Waals surface area contributed by atoms with Gasteiger partial charge in [0, 0.05) is 32.2 Å². The molecule has 1 aliphatic rings. The molecular weight excluding hydrogens is 414 g/mol. The molecule has 2 amide bonds. The first-order valence-corrected chi connectivity index (χ1v) is 10.6. The van der Waals surface area contributed by atoms with Crippen molar-refractivity contribution >= 4 is 21.8 Å². The van der Waals surface area contributed by atoms with Gasteiger partial charge in [0.25, 0.3) is 5.91 Å². The molecular formula is C19H23N3O7S. The van der Waals surface area contributed by atoms with E-state index >= 15 is 0 Å². The van der Waals surface area contributed by atoms with E-state index in [4.69, 9.17) is 13.9 Å². The Bertz CT molecular complexity index is 997. The molecule has 1 aliphatic heterocycles. The zero-order chi connectivity index (χ0) is 21.7. The van der Waals surface area contributed by atoms with Crippen LogP contribution in [0, 0.1) is 0 Å². The van der Waals surface area contributed by atoms with Gasteiger partial charge in [-0.05, 0) is 24.3 Å². The third-order valence-electron chi connectivity index (χ3n) is 4.73. The maximum atomic E-state index is 12.9. The van der Waals surface area contributed by atoms with Crippen LogP contribution in [0.1, 0.15) is 10.6 Å². The number of rotatable bonds is 7. The molecule has 1 aromatic carbocycles. The van der Waals surface area contributed by atoms with Gasteiger partial charge in [-0.25, -0.2) is 8.42 Å². The molecule has 0 atom stereocenters. The summed E-state index contributed by atoms with van der Waals surface area (Å²) in [5, 5.41) is 2.49. The second-order valence-corrected chi connectivity index (χ2v) is 8.40. The topological polar surface area (TPSA) is 118 Å². The van der Waals surface area contributed by atoms with Crippen LogP contribution in [0.3, 0.4) is 0 Å². The number of piperazine rings is 1. The molecule has 30 heavy (non-hydrogen) atoms. The largest absolute Gasteiger partial charge is 0.493 e. The highest BCUT2D eigenvalue weighted by molar-refractivity contribution is 7.89. The quantitative estimate of drug-likeness (QED) is 0.672. The lowest BCUT2D eigenvalue weighted by Gasteiger charge is -2.34. The summed E-state index contributed by atoms with van der Waals surface area (Å²) in [6, 6.07) is 7.48. The van der Waals surface area contributed by atoms with Gasteiger partial charge in [0.05, 0.1) is 31.9 Å². The Labute approximate surface area is 174 Å². The van der Waals surface area contributed by atoms with Crippen LogP contribution in [0.5, 0.6) is 11.5 Å². The molecule has 1 aromatic heterocycles. The zero-order valence-corrected chi connectivity index (χ0v) is 17.5. The predicted molar refractivity (Wildman–Crippen MR) is 106 cm³/mol. The number of amides is 2. The highest BCUT2D eigenvalue weighted by atomic mass is 32.2. The van der Waals surface area contributed by atoms with Crippen molar-refractivity contribution in [2.24, 2.45) is 0 Å². The predicted octanol–water partition coefficient (Wildman–Crippen LogP) is 0.560. The normalized spacial score (nSPS) is 14.9. The number of furan rings is 1. The molecule has 1 N–H and O–H groups in total. The maximum absolute atomic E-state index is 12.9. The first-order valence-electron chi connectivity index (χ1n) is 9.18. The van der Waals surface area contributed by atoms with Crippen LogP contribution in [0.4, 0.5) is 0 Å². The number of carbonyl (C=O) groups excluding carboxylic acids is 2. The van der Waals surface area contributed by atoms with E-state index in [-0.39, 0.29) is 49.3 Å². The average Bonchev–Trinajstić information content (AvgIpc) is 3.31. The van der Waals surface area contributed by atoms with Gasteiger partial charge >= 0.3 is 0 Å². The van der Waals surface area contributed by atoms with E-state index in [1.807, 2.05) is 0 Å². The average molecular weight is 437 g/mol. The van der Waals surface area contributed by atoms with Gasteiger partial charge < -0.3 is 24.1 Å². The van der Waals surface area contributed by atoms with Gasteiger partial charge in [0.1, 0.15) is 0 Å². The number of carbonyl (C=O) groups is 2. The molecule has 0 radical (unpaired) electrons. The lowest BCUT2D eigenvalue weighted by atomic mass is 10.3. The first-order chi connectivity index (χ1) is 14.4. The zero-order valence-electron chi connectivity index (χ0n) is 16.7. The molecule has 11 heteroatoms. The monoisotopic (exact) mass is 437 g/mol. The number of benzene rings is 1. The Kier molecular flexibility index (Phi) is 6.63. The molecule has 0 unspecified atom stereocenters. The van der Waals surface area contributed by atoms with E-state index in [1.165, 1.54) is 54.0 Å². The number of methoxy groups -OCH3 is 2. The van der Waals surface area contributed by atoms with Crippen LogP contribution in [-0.2, 0) is 14.8 Å². The van der Waals surface area contributed by atoms with E-state index in [9.17, 15) is 18.0 Å². The molecule has 1 fully saturated rings. The summed E-state index contributed by atoms with van der Waals surface area (Å²) in [6.07, 6.45) is 1.37. The number of hydrogen-bond acceptors (Lipinski definition) is 7. The molecule has 162 valence electrons. The van der Waals surface area contributed by atoms with E-state index in [1.54, 1.807) is 6.07 Å². The smallest absolute Gasteiger partial charge is 0.287 e. The first kappa shape index (κ1) is 21.7. The van der Waals surface area contributed by atoms with Crippen molar-refractivity contribution in [2.75, 3.05) is 46.9 Å². The Hall–Kier alpha value is -3.05. The summed E-state index contributed by atoms with van der Waals surface area (Å²) in [5.41, 5.74) is 0. The van der Waals surface area contributed by atoms with Crippen molar-refractivity contribution in [1.82, 2.24) is 14.5 Å². The van der Waals surface area contributed by atoms with E-state index in [2.05, 4.69) is 5.32 Å². The molecule has 2 aromatic rings. The molecule has 1 saturated heterocycles. The molecule has 0 bridgehead atoms.